The predicted molar refractivity (Wildman–Crippen MR) is 80.5 cm³/mol. The number of aryl methyl sites for hydroxylation is 1. The summed E-state index contributed by atoms with van der Waals surface area (Å²) in [5.41, 5.74) is 1.65. The zero-order chi connectivity index (χ0) is 15.1. The summed E-state index contributed by atoms with van der Waals surface area (Å²) in [6.07, 6.45) is 0.0473. The first-order valence-electron chi connectivity index (χ1n) is 6.20. The molecule has 0 fully saturated rings. The molecule has 2 N–H and O–H groups in total. The quantitative estimate of drug-likeness (QED) is 0.809. The molecule has 1 aromatic rings. The second-order valence-corrected chi connectivity index (χ2v) is 5.90. The largest absolute Gasteiger partial charge is 0.495 e. The lowest BCUT2D eigenvalue weighted by atomic mass is 10.2. The number of thioether (sulfide) groups is 1. The number of methoxy groups -OCH3 is 1. The Morgan fingerprint density at radius 3 is 2.75 bits per heavy atom. The molecule has 0 aliphatic heterocycles. The Morgan fingerprint density at radius 2 is 2.15 bits per heavy atom. The van der Waals surface area contributed by atoms with Crippen molar-refractivity contribution in [1.82, 2.24) is 0 Å². The minimum Gasteiger partial charge on any atom is -0.495 e. The molecule has 0 bridgehead atoms. The van der Waals surface area contributed by atoms with E-state index in [1.165, 1.54) is 11.8 Å². The fourth-order valence-electron chi connectivity index (χ4n) is 1.63. The van der Waals surface area contributed by atoms with Gasteiger partial charge in [0.25, 0.3) is 0 Å². The third kappa shape index (κ3) is 5.52. The zero-order valence-corrected chi connectivity index (χ0v) is 12.6. The molecule has 0 heterocycles. The fraction of sp³-hybridized carbons (Fsp3) is 0.429. The van der Waals surface area contributed by atoms with Crippen molar-refractivity contribution in [3.05, 3.63) is 23.8 Å². The molecule has 0 radical (unpaired) electrons. The minimum absolute atomic E-state index is 0.0473. The molecule has 1 rings (SSSR count). The molecule has 110 valence electrons. The Bertz CT molecular complexity index is 490. The summed E-state index contributed by atoms with van der Waals surface area (Å²) in [6.45, 7) is 3.72. The molecule has 1 unspecified atom stereocenters. The van der Waals surface area contributed by atoms with Gasteiger partial charge in [-0.2, -0.15) is 0 Å². The molecule has 5 nitrogen and oxygen atoms in total. The predicted octanol–water partition coefficient (Wildman–Crippen LogP) is 2.54. The van der Waals surface area contributed by atoms with E-state index < -0.39 is 5.97 Å². The molecule has 1 atom stereocenters. The van der Waals surface area contributed by atoms with E-state index in [0.717, 1.165) is 5.56 Å². The molecule has 0 aliphatic carbocycles. The monoisotopic (exact) mass is 297 g/mol. The highest BCUT2D eigenvalue weighted by Crippen LogP contribution is 2.25. The second-order valence-electron chi connectivity index (χ2n) is 4.47. The van der Waals surface area contributed by atoms with Crippen LogP contribution < -0.4 is 10.1 Å². The van der Waals surface area contributed by atoms with Crippen LogP contribution in [0.15, 0.2) is 18.2 Å². The van der Waals surface area contributed by atoms with Gasteiger partial charge in [0.2, 0.25) is 5.91 Å². The van der Waals surface area contributed by atoms with Gasteiger partial charge in [-0.15, -0.1) is 11.8 Å². The van der Waals surface area contributed by atoms with Crippen molar-refractivity contribution in [2.45, 2.75) is 25.5 Å². The van der Waals surface area contributed by atoms with E-state index in [0.29, 0.717) is 11.4 Å². The van der Waals surface area contributed by atoms with Crippen LogP contribution in [0.4, 0.5) is 5.69 Å². The van der Waals surface area contributed by atoms with Crippen LogP contribution in [0.3, 0.4) is 0 Å². The highest BCUT2D eigenvalue weighted by molar-refractivity contribution is 8.00. The highest BCUT2D eigenvalue weighted by atomic mass is 32.2. The number of amides is 1. The molecule has 0 aromatic heterocycles. The van der Waals surface area contributed by atoms with Crippen LogP contribution in [0.25, 0.3) is 0 Å². The molecule has 1 aromatic carbocycles. The average molecular weight is 297 g/mol. The minimum atomic E-state index is -0.856. The maximum atomic E-state index is 11.8. The summed E-state index contributed by atoms with van der Waals surface area (Å²) >= 11 is 1.32. The maximum Gasteiger partial charge on any atom is 0.304 e. The Morgan fingerprint density at radius 1 is 1.45 bits per heavy atom. The standard InChI is InChI=1S/C14H19NO4S/c1-9-4-5-12(19-3)11(6-9)15-13(16)8-20-10(2)7-14(17)18/h4-6,10H,7-8H2,1-3H3,(H,15,16)(H,17,18). The van der Waals surface area contributed by atoms with Crippen molar-refractivity contribution in [2.75, 3.05) is 18.2 Å². The summed E-state index contributed by atoms with van der Waals surface area (Å²) in [5.74, 6) is -0.208. The summed E-state index contributed by atoms with van der Waals surface area (Å²) in [7, 11) is 1.55. The van der Waals surface area contributed by atoms with Gasteiger partial charge in [0.1, 0.15) is 5.75 Å². The van der Waals surface area contributed by atoms with Crippen LogP contribution in [0.2, 0.25) is 0 Å². The van der Waals surface area contributed by atoms with Crippen molar-refractivity contribution in [3.8, 4) is 5.75 Å². The van der Waals surface area contributed by atoms with E-state index in [9.17, 15) is 9.59 Å². The van der Waals surface area contributed by atoms with Gasteiger partial charge in [0.15, 0.2) is 0 Å². The van der Waals surface area contributed by atoms with Crippen LogP contribution in [0.5, 0.6) is 5.75 Å². The van der Waals surface area contributed by atoms with Crippen LogP contribution in [0, 0.1) is 6.92 Å². The molecule has 0 saturated heterocycles. The van der Waals surface area contributed by atoms with Crippen LogP contribution in [0.1, 0.15) is 18.9 Å². The number of hydrogen-bond acceptors (Lipinski definition) is 4. The van der Waals surface area contributed by atoms with Crippen molar-refractivity contribution in [3.63, 3.8) is 0 Å². The van der Waals surface area contributed by atoms with E-state index in [-0.39, 0.29) is 23.3 Å². The lowest BCUT2D eigenvalue weighted by Gasteiger charge is -2.12. The number of aliphatic carboxylic acids is 1. The lowest BCUT2D eigenvalue weighted by Crippen LogP contribution is -2.17. The van der Waals surface area contributed by atoms with Crippen LogP contribution in [-0.2, 0) is 9.59 Å². The molecule has 0 spiro atoms. The number of carboxylic acid groups (broad SMARTS) is 1. The van der Waals surface area contributed by atoms with E-state index in [1.807, 2.05) is 19.1 Å². The number of rotatable bonds is 7. The highest BCUT2D eigenvalue weighted by Gasteiger charge is 2.12. The van der Waals surface area contributed by atoms with E-state index >= 15 is 0 Å². The number of carboxylic acids is 1. The number of nitrogens with one attached hydrogen (secondary N) is 1. The second kappa shape index (κ2) is 7.79. The van der Waals surface area contributed by atoms with Crippen LogP contribution >= 0.6 is 11.8 Å². The lowest BCUT2D eigenvalue weighted by molar-refractivity contribution is -0.136. The molecule has 0 saturated carbocycles. The Balaban J connectivity index is 2.54. The summed E-state index contributed by atoms with van der Waals surface area (Å²) < 4.78 is 5.18. The molecule has 6 heteroatoms. The van der Waals surface area contributed by atoms with E-state index in [2.05, 4.69) is 5.32 Å². The van der Waals surface area contributed by atoms with Gasteiger partial charge in [0, 0.05) is 5.25 Å². The van der Waals surface area contributed by atoms with Gasteiger partial charge in [-0.3, -0.25) is 9.59 Å². The summed E-state index contributed by atoms with van der Waals surface area (Å²) in [6, 6.07) is 5.53. The average Bonchev–Trinajstić information content (AvgIpc) is 2.36. The number of carbonyl (C=O) groups is 2. The fourth-order valence-corrected chi connectivity index (χ4v) is 2.40. The van der Waals surface area contributed by atoms with Gasteiger partial charge < -0.3 is 15.2 Å². The Kier molecular flexibility index (Phi) is 6.38. The van der Waals surface area contributed by atoms with Gasteiger partial charge in [-0.25, -0.2) is 0 Å². The first kappa shape index (κ1) is 16.4. The Labute approximate surface area is 122 Å². The molecular weight excluding hydrogens is 278 g/mol. The number of benzene rings is 1. The van der Waals surface area contributed by atoms with Crippen molar-refractivity contribution in [2.24, 2.45) is 0 Å². The van der Waals surface area contributed by atoms with Crippen molar-refractivity contribution >= 4 is 29.3 Å². The van der Waals surface area contributed by atoms with E-state index in [4.69, 9.17) is 9.84 Å². The van der Waals surface area contributed by atoms with Gasteiger partial charge in [-0.1, -0.05) is 13.0 Å². The summed E-state index contributed by atoms with van der Waals surface area (Å²) in [4.78, 5) is 22.4. The molecule has 0 aliphatic rings. The normalized spacial score (nSPS) is 11.8. The molecule has 20 heavy (non-hydrogen) atoms. The topological polar surface area (TPSA) is 75.6 Å². The molecule has 1 amide bonds. The Hall–Kier alpha value is -1.69. The first-order valence-corrected chi connectivity index (χ1v) is 7.25. The van der Waals surface area contributed by atoms with Gasteiger partial charge >= 0.3 is 5.97 Å². The third-order valence-electron chi connectivity index (χ3n) is 2.59. The molecular formula is C14H19NO4S. The van der Waals surface area contributed by atoms with Crippen LogP contribution in [-0.4, -0.2) is 35.1 Å². The SMILES string of the molecule is COc1ccc(C)cc1NC(=O)CSC(C)CC(=O)O. The van der Waals surface area contributed by atoms with E-state index in [1.54, 1.807) is 20.1 Å². The summed E-state index contributed by atoms with van der Waals surface area (Å²) in [5, 5.41) is 11.3. The van der Waals surface area contributed by atoms with Crippen molar-refractivity contribution < 1.29 is 19.4 Å². The third-order valence-corrected chi connectivity index (χ3v) is 3.75. The number of carbonyl (C=O) groups excluding carboxylic acids is 1. The number of anilines is 1. The first-order chi connectivity index (χ1) is 9.42. The zero-order valence-electron chi connectivity index (χ0n) is 11.8. The van der Waals surface area contributed by atoms with Crippen molar-refractivity contribution in [1.29, 1.82) is 0 Å². The van der Waals surface area contributed by atoms with Gasteiger partial charge in [0.05, 0.1) is 25.0 Å². The number of hydrogen-bond donors (Lipinski definition) is 2. The maximum absolute atomic E-state index is 11.8. The number of ether oxygens (including phenoxy) is 1. The van der Waals surface area contributed by atoms with Gasteiger partial charge in [-0.05, 0) is 24.6 Å². The smallest absolute Gasteiger partial charge is 0.304 e.